The summed E-state index contributed by atoms with van der Waals surface area (Å²) in [5.41, 5.74) is -5.37. The van der Waals surface area contributed by atoms with Crippen LogP contribution in [0.2, 0.25) is 0 Å². The van der Waals surface area contributed by atoms with Crippen molar-refractivity contribution in [2.75, 3.05) is 0 Å². The van der Waals surface area contributed by atoms with E-state index in [1.165, 1.54) is 0 Å². The molecule has 98 valence electrons. The summed E-state index contributed by atoms with van der Waals surface area (Å²) in [5, 5.41) is 8.26. The lowest BCUT2D eigenvalue weighted by molar-refractivity contribution is -0.146. The summed E-state index contributed by atoms with van der Waals surface area (Å²) in [7, 11) is 0. The first-order valence-corrected chi connectivity index (χ1v) is 4.27. The molecule has 0 unspecified atom stereocenters. The molecule has 0 N–H and O–H groups in total. The predicted molar refractivity (Wildman–Crippen MR) is 43.5 cm³/mol. The number of nitriles is 1. The summed E-state index contributed by atoms with van der Waals surface area (Å²) >= 11 is 0. The van der Waals surface area contributed by atoms with Crippen molar-refractivity contribution < 1.29 is 30.7 Å². The van der Waals surface area contributed by atoms with Gasteiger partial charge in [0.1, 0.15) is 5.56 Å². The van der Waals surface area contributed by atoms with E-state index >= 15 is 0 Å². The Balaban J connectivity index is 3.65. The summed E-state index contributed by atoms with van der Waals surface area (Å²) in [4.78, 5) is 2.44. The molecule has 0 radical (unpaired) electrons. The summed E-state index contributed by atoms with van der Waals surface area (Å²) < 4.78 is 87.6. The van der Waals surface area contributed by atoms with E-state index < -0.39 is 41.4 Å². The van der Waals surface area contributed by atoms with Crippen LogP contribution in [0, 0.1) is 17.3 Å². The topological polar surface area (TPSA) is 36.7 Å². The molecule has 0 spiro atoms. The minimum Gasteiger partial charge on any atom is -0.227 e. The van der Waals surface area contributed by atoms with Gasteiger partial charge in [-0.25, -0.2) is 4.98 Å². The van der Waals surface area contributed by atoms with Crippen LogP contribution in [0.3, 0.4) is 0 Å². The fourth-order valence-corrected chi connectivity index (χ4v) is 1.32. The third-order valence-electron chi connectivity index (χ3n) is 1.98. The van der Waals surface area contributed by atoms with Gasteiger partial charge in [0, 0.05) is 6.20 Å². The fraction of sp³-hybridized carbons (Fsp3) is 0.333. The highest BCUT2D eigenvalue weighted by atomic mass is 19.4. The number of hydrogen-bond donors (Lipinski definition) is 0. The van der Waals surface area contributed by atoms with Crippen LogP contribution < -0.4 is 0 Å². The standard InChI is InChI=1S/C9H3F7N2/c10-7-6(9(14,15)16)4(1-2-17)5(3-18-7)8(11,12)13/h3H,1H2. The second-order valence-electron chi connectivity index (χ2n) is 3.15. The Morgan fingerprint density at radius 2 is 1.67 bits per heavy atom. The normalized spacial score (nSPS) is 12.3. The lowest BCUT2D eigenvalue weighted by Crippen LogP contribution is -2.19. The quantitative estimate of drug-likeness (QED) is 0.580. The Labute approximate surface area is 95.7 Å². The van der Waals surface area contributed by atoms with Crippen molar-refractivity contribution in [3.8, 4) is 6.07 Å². The molecule has 9 heteroatoms. The lowest BCUT2D eigenvalue weighted by atomic mass is 10.0. The molecule has 0 aliphatic rings. The van der Waals surface area contributed by atoms with E-state index in [1.54, 1.807) is 0 Å². The number of hydrogen-bond acceptors (Lipinski definition) is 2. The molecule has 2 nitrogen and oxygen atoms in total. The Kier molecular flexibility index (Phi) is 3.50. The molecule has 18 heavy (non-hydrogen) atoms. The van der Waals surface area contributed by atoms with Crippen molar-refractivity contribution in [1.29, 1.82) is 5.26 Å². The first-order valence-electron chi connectivity index (χ1n) is 4.27. The van der Waals surface area contributed by atoms with E-state index in [-0.39, 0.29) is 6.20 Å². The van der Waals surface area contributed by atoms with Gasteiger partial charge in [-0.2, -0.15) is 36.0 Å². The molecule has 0 bridgehead atoms. The number of halogens is 7. The van der Waals surface area contributed by atoms with Crippen LogP contribution in [-0.4, -0.2) is 4.98 Å². The molecule has 0 saturated heterocycles. The molecular weight excluding hydrogens is 269 g/mol. The smallest absolute Gasteiger partial charge is 0.227 e. The average Bonchev–Trinajstić information content (AvgIpc) is 2.13. The van der Waals surface area contributed by atoms with Crippen molar-refractivity contribution in [1.82, 2.24) is 4.98 Å². The van der Waals surface area contributed by atoms with E-state index in [0.717, 1.165) is 6.07 Å². The van der Waals surface area contributed by atoms with E-state index in [1.807, 2.05) is 0 Å². The summed E-state index contributed by atoms with van der Waals surface area (Å²) in [6, 6.07) is 1.14. The summed E-state index contributed by atoms with van der Waals surface area (Å²) in [5.74, 6) is -2.08. The number of alkyl halides is 6. The van der Waals surface area contributed by atoms with Crippen molar-refractivity contribution in [3.05, 3.63) is 28.8 Å². The van der Waals surface area contributed by atoms with Gasteiger partial charge in [0.05, 0.1) is 18.1 Å². The molecule has 1 aromatic heterocycles. The molecule has 0 amide bonds. The average molecular weight is 272 g/mol. The molecule has 0 atom stereocenters. The van der Waals surface area contributed by atoms with Crippen LogP contribution in [0.1, 0.15) is 16.7 Å². The zero-order valence-electron chi connectivity index (χ0n) is 8.32. The Morgan fingerprint density at radius 3 is 2.06 bits per heavy atom. The van der Waals surface area contributed by atoms with Crippen LogP contribution in [0.15, 0.2) is 6.20 Å². The van der Waals surface area contributed by atoms with E-state index in [2.05, 4.69) is 4.98 Å². The van der Waals surface area contributed by atoms with Gasteiger partial charge in [-0.05, 0) is 5.56 Å². The van der Waals surface area contributed by atoms with Crippen LogP contribution in [-0.2, 0) is 18.8 Å². The molecule has 0 aromatic carbocycles. The maximum Gasteiger partial charge on any atom is 0.421 e. The van der Waals surface area contributed by atoms with Gasteiger partial charge in [-0.3, -0.25) is 0 Å². The maximum atomic E-state index is 12.9. The lowest BCUT2D eigenvalue weighted by Gasteiger charge is -2.16. The van der Waals surface area contributed by atoms with Gasteiger partial charge < -0.3 is 0 Å². The zero-order valence-corrected chi connectivity index (χ0v) is 8.32. The highest BCUT2D eigenvalue weighted by Gasteiger charge is 2.43. The van der Waals surface area contributed by atoms with E-state index in [4.69, 9.17) is 5.26 Å². The third-order valence-corrected chi connectivity index (χ3v) is 1.98. The number of aromatic nitrogens is 1. The van der Waals surface area contributed by atoms with Crippen molar-refractivity contribution in [3.63, 3.8) is 0 Å². The Morgan fingerprint density at radius 1 is 1.11 bits per heavy atom. The van der Waals surface area contributed by atoms with Gasteiger partial charge in [-0.1, -0.05) is 0 Å². The van der Waals surface area contributed by atoms with Crippen LogP contribution in [0.5, 0.6) is 0 Å². The number of rotatable bonds is 1. The first-order chi connectivity index (χ1) is 8.09. The number of nitrogens with zero attached hydrogens (tertiary/aromatic N) is 2. The van der Waals surface area contributed by atoms with E-state index in [0.29, 0.717) is 0 Å². The fourth-order valence-electron chi connectivity index (χ4n) is 1.32. The van der Waals surface area contributed by atoms with Crippen molar-refractivity contribution >= 4 is 0 Å². The summed E-state index contributed by atoms with van der Waals surface area (Å²) in [6.07, 6.45) is -11.8. The highest BCUT2D eigenvalue weighted by Crippen LogP contribution is 2.39. The van der Waals surface area contributed by atoms with Gasteiger partial charge in [0.15, 0.2) is 0 Å². The molecule has 0 saturated carbocycles. The Hall–Kier alpha value is -1.85. The highest BCUT2D eigenvalue weighted by molar-refractivity contribution is 5.38. The van der Waals surface area contributed by atoms with Gasteiger partial charge in [0.25, 0.3) is 0 Å². The minimum atomic E-state index is -5.36. The van der Waals surface area contributed by atoms with Crippen LogP contribution in [0.4, 0.5) is 30.7 Å². The molecule has 0 aliphatic carbocycles. The van der Waals surface area contributed by atoms with Crippen molar-refractivity contribution in [2.24, 2.45) is 0 Å². The second-order valence-corrected chi connectivity index (χ2v) is 3.15. The number of pyridine rings is 1. The molecular formula is C9H3F7N2. The van der Waals surface area contributed by atoms with Crippen LogP contribution in [0.25, 0.3) is 0 Å². The van der Waals surface area contributed by atoms with Gasteiger partial charge in [0.2, 0.25) is 5.95 Å². The minimum absolute atomic E-state index is 0.0583. The Bertz CT molecular complexity index is 495. The first kappa shape index (κ1) is 14.2. The van der Waals surface area contributed by atoms with Crippen molar-refractivity contribution in [2.45, 2.75) is 18.8 Å². The maximum absolute atomic E-state index is 12.9. The third kappa shape index (κ3) is 2.69. The molecule has 1 aromatic rings. The predicted octanol–water partition coefficient (Wildman–Crippen LogP) is 3.32. The molecule has 0 aliphatic heterocycles. The van der Waals surface area contributed by atoms with E-state index in [9.17, 15) is 30.7 Å². The van der Waals surface area contributed by atoms with Gasteiger partial charge in [-0.15, -0.1) is 0 Å². The monoisotopic (exact) mass is 272 g/mol. The SMILES string of the molecule is N#CCc1c(C(F)(F)F)cnc(F)c1C(F)(F)F. The molecule has 1 rings (SSSR count). The largest absolute Gasteiger partial charge is 0.421 e. The van der Waals surface area contributed by atoms with Gasteiger partial charge >= 0.3 is 12.4 Å². The molecule has 1 heterocycles. The molecule has 0 fully saturated rings. The summed E-state index contributed by atoms with van der Waals surface area (Å²) in [6.45, 7) is 0. The zero-order chi connectivity index (χ0) is 14.1. The second kappa shape index (κ2) is 4.44. The van der Waals surface area contributed by atoms with Crippen LogP contribution >= 0.6 is 0 Å².